The molecule has 5 heteroatoms. The van der Waals surface area contributed by atoms with Gasteiger partial charge in [-0.15, -0.1) is 0 Å². The Morgan fingerprint density at radius 2 is 1.04 bits per heavy atom. The average molecular weight is 373 g/mol. The lowest BCUT2D eigenvalue weighted by molar-refractivity contribution is -0.146. The van der Waals surface area contributed by atoms with Crippen molar-refractivity contribution in [2.45, 2.75) is 96.8 Å². The van der Waals surface area contributed by atoms with Gasteiger partial charge in [-0.1, -0.05) is 64.7 Å². The van der Waals surface area contributed by atoms with Crippen LogP contribution in [0.25, 0.3) is 0 Å². The molecular formula is C21H40O5. The zero-order valence-corrected chi connectivity index (χ0v) is 17.1. The number of carbonyl (C=O) groups is 2. The van der Waals surface area contributed by atoms with E-state index in [1.807, 2.05) is 0 Å². The Balaban J connectivity index is 3.26. The fourth-order valence-corrected chi connectivity index (χ4v) is 2.70. The van der Waals surface area contributed by atoms with Gasteiger partial charge in [0.25, 0.3) is 0 Å². The molecule has 0 radical (unpaired) electrons. The molecule has 0 unspecified atom stereocenters. The topological polar surface area (TPSA) is 61.8 Å². The number of unbranched alkanes of at least 4 members (excludes halogenated alkanes) is 10. The Kier molecular flexibility index (Phi) is 19.4. The summed E-state index contributed by atoms with van der Waals surface area (Å²) in [6, 6.07) is 0. The van der Waals surface area contributed by atoms with Gasteiger partial charge in [-0.2, -0.15) is 0 Å². The molecule has 0 fully saturated rings. The lowest BCUT2D eigenvalue weighted by Crippen LogP contribution is -2.10. The Bertz CT molecular complexity index is 330. The second-order valence-electron chi connectivity index (χ2n) is 6.82. The van der Waals surface area contributed by atoms with Gasteiger partial charge in [-0.25, -0.2) is 0 Å². The SMILES string of the molecule is CCCCCCCCCCCCOC(=O)CCCCC(=O)OCCOC. The minimum atomic E-state index is -0.235. The van der Waals surface area contributed by atoms with Crippen molar-refractivity contribution in [1.29, 1.82) is 0 Å². The van der Waals surface area contributed by atoms with Crippen LogP contribution in [0.2, 0.25) is 0 Å². The monoisotopic (exact) mass is 372 g/mol. The molecule has 0 spiro atoms. The maximum absolute atomic E-state index is 11.6. The zero-order chi connectivity index (χ0) is 19.3. The summed E-state index contributed by atoms with van der Waals surface area (Å²) in [7, 11) is 1.56. The quantitative estimate of drug-likeness (QED) is 0.230. The Morgan fingerprint density at radius 1 is 0.577 bits per heavy atom. The molecule has 0 saturated heterocycles. The summed E-state index contributed by atoms with van der Waals surface area (Å²) in [5.74, 6) is -0.394. The summed E-state index contributed by atoms with van der Waals surface area (Å²) in [5.41, 5.74) is 0. The van der Waals surface area contributed by atoms with Gasteiger partial charge in [0.05, 0.1) is 13.2 Å². The van der Waals surface area contributed by atoms with Gasteiger partial charge in [0.15, 0.2) is 0 Å². The molecule has 0 heterocycles. The van der Waals surface area contributed by atoms with Gasteiger partial charge in [-0.05, 0) is 19.3 Å². The van der Waals surface area contributed by atoms with Gasteiger partial charge in [0.2, 0.25) is 0 Å². The van der Waals surface area contributed by atoms with Crippen molar-refractivity contribution in [3.05, 3.63) is 0 Å². The first-order chi connectivity index (χ1) is 12.7. The first-order valence-corrected chi connectivity index (χ1v) is 10.5. The first-order valence-electron chi connectivity index (χ1n) is 10.5. The summed E-state index contributed by atoms with van der Waals surface area (Å²) in [5, 5.41) is 0. The molecular weight excluding hydrogens is 332 g/mol. The molecule has 0 aliphatic carbocycles. The maximum Gasteiger partial charge on any atom is 0.305 e. The van der Waals surface area contributed by atoms with Gasteiger partial charge in [0.1, 0.15) is 6.61 Å². The van der Waals surface area contributed by atoms with Crippen LogP contribution in [0.15, 0.2) is 0 Å². The number of ether oxygens (including phenoxy) is 3. The van der Waals surface area contributed by atoms with Crippen LogP contribution in [0.5, 0.6) is 0 Å². The van der Waals surface area contributed by atoms with Crippen LogP contribution in [0.1, 0.15) is 96.8 Å². The molecule has 154 valence electrons. The van der Waals surface area contributed by atoms with E-state index in [9.17, 15) is 9.59 Å². The molecule has 0 aliphatic heterocycles. The van der Waals surface area contributed by atoms with Crippen molar-refractivity contribution in [3.63, 3.8) is 0 Å². The van der Waals surface area contributed by atoms with Gasteiger partial charge in [-0.3, -0.25) is 9.59 Å². The van der Waals surface area contributed by atoms with Crippen molar-refractivity contribution in [2.75, 3.05) is 26.9 Å². The molecule has 0 bridgehead atoms. The van der Waals surface area contributed by atoms with Crippen LogP contribution in [-0.4, -0.2) is 38.9 Å². The van der Waals surface area contributed by atoms with Gasteiger partial charge in [0, 0.05) is 20.0 Å². The van der Waals surface area contributed by atoms with E-state index in [2.05, 4.69) is 6.92 Å². The van der Waals surface area contributed by atoms with E-state index < -0.39 is 0 Å². The molecule has 0 atom stereocenters. The number of methoxy groups -OCH3 is 1. The average Bonchev–Trinajstić information content (AvgIpc) is 2.63. The van der Waals surface area contributed by atoms with Crippen LogP contribution in [0.3, 0.4) is 0 Å². The second kappa shape index (κ2) is 20.2. The summed E-state index contributed by atoms with van der Waals surface area (Å²) < 4.78 is 15.0. The lowest BCUT2D eigenvalue weighted by atomic mass is 10.1. The van der Waals surface area contributed by atoms with E-state index >= 15 is 0 Å². The highest BCUT2D eigenvalue weighted by Crippen LogP contribution is 2.10. The van der Waals surface area contributed by atoms with Gasteiger partial charge >= 0.3 is 11.9 Å². The highest BCUT2D eigenvalue weighted by atomic mass is 16.6. The third-order valence-corrected chi connectivity index (χ3v) is 4.32. The Morgan fingerprint density at radius 3 is 1.54 bits per heavy atom. The highest BCUT2D eigenvalue weighted by molar-refractivity contribution is 5.70. The molecule has 0 aromatic carbocycles. The van der Waals surface area contributed by atoms with E-state index in [1.165, 1.54) is 51.4 Å². The molecule has 0 saturated carbocycles. The molecule has 0 amide bonds. The van der Waals surface area contributed by atoms with Crippen molar-refractivity contribution >= 4 is 11.9 Å². The van der Waals surface area contributed by atoms with Crippen LogP contribution in [-0.2, 0) is 23.8 Å². The summed E-state index contributed by atoms with van der Waals surface area (Å²) in [6.07, 6.45) is 14.8. The molecule has 26 heavy (non-hydrogen) atoms. The van der Waals surface area contributed by atoms with Crippen molar-refractivity contribution < 1.29 is 23.8 Å². The normalized spacial score (nSPS) is 10.7. The summed E-state index contributed by atoms with van der Waals surface area (Å²) in [4.78, 5) is 23.0. The molecule has 0 N–H and O–H groups in total. The molecule has 0 aromatic heterocycles. The first kappa shape index (κ1) is 24.9. The largest absolute Gasteiger partial charge is 0.466 e. The smallest absolute Gasteiger partial charge is 0.305 e. The Labute approximate surface area is 160 Å². The standard InChI is InChI=1S/C21H40O5/c1-3-4-5-6-7-8-9-10-11-14-17-25-20(22)15-12-13-16-21(23)26-19-18-24-2/h3-19H2,1-2H3. The van der Waals surface area contributed by atoms with E-state index in [-0.39, 0.29) is 18.5 Å². The molecule has 0 aliphatic rings. The van der Waals surface area contributed by atoms with Crippen LogP contribution in [0, 0.1) is 0 Å². The number of carbonyl (C=O) groups excluding carboxylic acids is 2. The number of hydrogen-bond acceptors (Lipinski definition) is 5. The molecule has 0 rings (SSSR count). The number of esters is 2. The van der Waals surface area contributed by atoms with Crippen molar-refractivity contribution in [2.24, 2.45) is 0 Å². The lowest BCUT2D eigenvalue weighted by Gasteiger charge is -2.06. The fraction of sp³-hybridized carbons (Fsp3) is 0.905. The zero-order valence-electron chi connectivity index (χ0n) is 17.1. The molecule has 0 aromatic rings. The van der Waals surface area contributed by atoms with Crippen molar-refractivity contribution in [3.8, 4) is 0 Å². The van der Waals surface area contributed by atoms with E-state index in [0.29, 0.717) is 38.9 Å². The predicted molar refractivity (Wildman–Crippen MR) is 104 cm³/mol. The summed E-state index contributed by atoms with van der Waals surface area (Å²) in [6.45, 7) is 3.47. The van der Waals surface area contributed by atoms with Crippen LogP contribution < -0.4 is 0 Å². The third-order valence-electron chi connectivity index (χ3n) is 4.32. The Hall–Kier alpha value is -1.10. The van der Waals surface area contributed by atoms with E-state index in [1.54, 1.807) is 7.11 Å². The predicted octanol–water partition coefficient (Wildman–Crippen LogP) is 5.20. The number of rotatable bonds is 19. The van der Waals surface area contributed by atoms with Crippen molar-refractivity contribution in [1.82, 2.24) is 0 Å². The second-order valence-corrected chi connectivity index (χ2v) is 6.82. The number of hydrogen-bond donors (Lipinski definition) is 0. The van der Waals surface area contributed by atoms with E-state index in [0.717, 1.165) is 12.8 Å². The highest BCUT2D eigenvalue weighted by Gasteiger charge is 2.06. The van der Waals surface area contributed by atoms with Crippen LogP contribution >= 0.6 is 0 Å². The fourth-order valence-electron chi connectivity index (χ4n) is 2.70. The molecule has 5 nitrogen and oxygen atoms in total. The minimum absolute atomic E-state index is 0.159. The van der Waals surface area contributed by atoms with Crippen LogP contribution in [0.4, 0.5) is 0 Å². The third kappa shape index (κ3) is 19.2. The maximum atomic E-state index is 11.6. The summed E-state index contributed by atoms with van der Waals surface area (Å²) >= 11 is 0. The minimum Gasteiger partial charge on any atom is -0.466 e. The van der Waals surface area contributed by atoms with Gasteiger partial charge < -0.3 is 14.2 Å². The van der Waals surface area contributed by atoms with E-state index in [4.69, 9.17) is 14.2 Å².